The first-order chi connectivity index (χ1) is 10.0. The number of carbonyl (C=O) groups excluding carboxylic acids is 1. The molecule has 2 amide bonds. The number of rotatable bonds is 4. The van der Waals surface area contributed by atoms with Gasteiger partial charge >= 0.3 is 12.0 Å². The average Bonchev–Trinajstić information content (AvgIpc) is 3.11. The maximum atomic E-state index is 12.4. The summed E-state index contributed by atoms with van der Waals surface area (Å²) in [6, 6.07) is 0.272. The van der Waals surface area contributed by atoms with Crippen molar-refractivity contribution in [2.75, 3.05) is 5.32 Å². The van der Waals surface area contributed by atoms with Crippen molar-refractivity contribution < 1.29 is 9.21 Å². The number of hydrogen-bond donors (Lipinski definition) is 1. The molecular weight excluding hydrogens is 272 g/mol. The SMILES string of the molecule is Cc1nc(NC(=O)N(Cc2cn(C)nn2)C2CC2)oc1C. The van der Waals surface area contributed by atoms with Gasteiger partial charge in [0.15, 0.2) is 0 Å². The Hall–Kier alpha value is -2.38. The minimum atomic E-state index is -0.218. The van der Waals surface area contributed by atoms with Crippen LogP contribution in [0.3, 0.4) is 0 Å². The maximum Gasteiger partial charge on any atom is 0.326 e. The van der Waals surface area contributed by atoms with Gasteiger partial charge in [-0.05, 0) is 26.7 Å². The normalized spacial score (nSPS) is 14.2. The topological polar surface area (TPSA) is 89.1 Å². The Bertz CT molecular complexity index is 638. The van der Waals surface area contributed by atoms with Crippen molar-refractivity contribution in [1.29, 1.82) is 0 Å². The summed E-state index contributed by atoms with van der Waals surface area (Å²) in [5.41, 5.74) is 1.54. The molecule has 8 nitrogen and oxygen atoms in total. The summed E-state index contributed by atoms with van der Waals surface area (Å²) in [5.74, 6) is 0.706. The first kappa shape index (κ1) is 13.6. The Kier molecular flexibility index (Phi) is 3.36. The average molecular weight is 290 g/mol. The van der Waals surface area contributed by atoms with Gasteiger partial charge < -0.3 is 9.32 Å². The number of amides is 2. The van der Waals surface area contributed by atoms with Gasteiger partial charge in [0.05, 0.1) is 12.2 Å². The molecule has 1 aliphatic carbocycles. The predicted octanol–water partition coefficient (Wildman–Crippen LogP) is 1.62. The number of aryl methyl sites for hydroxylation is 3. The molecule has 1 N–H and O–H groups in total. The first-order valence-electron chi connectivity index (χ1n) is 6.90. The summed E-state index contributed by atoms with van der Waals surface area (Å²) < 4.78 is 7.01. The van der Waals surface area contributed by atoms with Gasteiger partial charge in [-0.3, -0.25) is 10.00 Å². The van der Waals surface area contributed by atoms with Gasteiger partial charge in [-0.25, -0.2) is 4.79 Å². The molecule has 1 fully saturated rings. The van der Waals surface area contributed by atoms with Crippen LogP contribution >= 0.6 is 0 Å². The lowest BCUT2D eigenvalue weighted by atomic mass is 10.4. The third kappa shape index (κ3) is 3.04. The van der Waals surface area contributed by atoms with E-state index in [1.807, 2.05) is 20.0 Å². The fourth-order valence-corrected chi connectivity index (χ4v) is 2.08. The third-order valence-electron chi connectivity index (χ3n) is 3.47. The van der Waals surface area contributed by atoms with Crippen LogP contribution < -0.4 is 5.32 Å². The van der Waals surface area contributed by atoms with E-state index in [1.54, 1.807) is 16.6 Å². The van der Waals surface area contributed by atoms with Crippen LogP contribution in [0.5, 0.6) is 0 Å². The molecule has 112 valence electrons. The molecular formula is C13H18N6O2. The summed E-state index contributed by atoms with van der Waals surface area (Å²) in [5, 5.41) is 10.6. The van der Waals surface area contributed by atoms with Crippen molar-refractivity contribution in [3.05, 3.63) is 23.3 Å². The van der Waals surface area contributed by atoms with Crippen LogP contribution in [0.1, 0.15) is 30.0 Å². The van der Waals surface area contributed by atoms with Gasteiger partial charge in [0.2, 0.25) is 0 Å². The van der Waals surface area contributed by atoms with Crippen LogP contribution in [0.2, 0.25) is 0 Å². The summed E-state index contributed by atoms with van der Waals surface area (Å²) in [6.45, 7) is 4.09. The molecule has 2 aromatic rings. The number of urea groups is 1. The first-order valence-corrected chi connectivity index (χ1v) is 6.90. The lowest BCUT2D eigenvalue weighted by Gasteiger charge is -2.20. The van der Waals surface area contributed by atoms with Gasteiger partial charge in [0, 0.05) is 19.3 Å². The molecule has 1 saturated carbocycles. The molecule has 8 heteroatoms. The molecule has 0 aromatic carbocycles. The Labute approximate surface area is 122 Å². The summed E-state index contributed by atoms with van der Waals surface area (Å²) in [6.07, 6.45) is 3.83. The number of anilines is 1. The quantitative estimate of drug-likeness (QED) is 0.924. The van der Waals surface area contributed by atoms with E-state index < -0.39 is 0 Å². The minimum absolute atomic E-state index is 0.218. The molecule has 0 spiro atoms. The largest absolute Gasteiger partial charge is 0.428 e. The van der Waals surface area contributed by atoms with Gasteiger partial charge in [0.1, 0.15) is 11.5 Å². The minimum Gasteiger partial charge on any atom is -0.428 e. The van der Waals surface area contributed by atoms with Gasteiger partial charge in [-0.2, -0.15) is 4.98 Å². The molecule has 0 aliphatic heterocycles. The maximum absolute atomic E-state index is 12.4. The van der Waals surface area contributed by atoms with E-state index in [-0.39, 0.29) is 18.1 Å². The van der Waals surface area contributed by atoms with Crippen molar-refractivity contribution in [3.8, 4) is 0 Å². The molecule has 0 unspecified atom stereocenters. The lowest BCUT2D eigenvalue weighted by Crippen LogP contribution is -2.36. The van der Waals surface area contributed by atoms with E-state index in [4.69, 9.17) is 4.42 Å². The van der Waals surface area contributed by atoms with Gasteiger partial charge in [-0.1, -0.05) is 5.21 Å². The van der Waals surface area contributed by atoms with Gasteiger partial charge in [0.25, 0.3) is 0 Å². The van der Waals surface area contributed by atoms with Crippen LogP contribution in [0, 0.1) is 13.8 Å². The number of carbonyl (C=O) groups is 1. The zero-order valence-electron chi connectivity index (χ0n) is 12.3. The molecule has 0 saturated heterocycles. The van der Waals surface area contributed by atoms with Gasteiger partial charge in [-0.15, -0.1) is 5.10 Å². The Morgan fingerprint density at radius 3 is 2.81 bits per heavy atom. The highest BCUT2D eigenvalue weighted by Crippen LogP contribution is 2.28. The smallest absolute Gasteiger partial charge is 0.326 e. The molecule has 2 aromatic heterocycles. The lowest BCUT2D eigenvalue weighted by molar-refractivity contribution is 0.204. The monoisotopic (exact) mass is 290 g/mol. The predicted molar refractivity (Wildman–Crippen MR) is 74.6 cm³/mol. The van der Waals surface area contributed by atoms with Crippen molar-refractivity contribution in [3.63, 3.8) is 0 Å². The van der Waals surface area contributed by atoms with E-state index in [2.05, 4.69) is 20.6 Å². The fraction of sp³-hybridized carbons (Fsp3) is 0.538. The number of aromatic nitrogens is 4. The number of nitrogens with zero attached hydrogens (tertiary/aromatic N) is 5. The van der Waals surface area contributed by atoms with Crippen LogP contribution in [0.25, 0.3) is 0 Å². The number of nitrogens with one attached hydrogen (secondary N) is 1. The Balaban J connectivity index is 1.70. The van der Waals surface area contributed by atoms with E-state index in [9.17, 15) is 4.79 Å². The molecule has 21 heavy (non-hydrogen) atoms. The highest BCUT2D eigenvalue weighted by Gasteiger charge is 2.33. The zero-order chi connectivity index (χ0) is 15.0. The van der Waals surface area contributed by atoms with Crippen molar-refractivity contribution >= 4 is 12.0 Å². The van der Waals surface area contributed by atoms with E-state index >= 15 is 0 Å². The Morgan fingerprint density at radius 2 is 2.29 bits per heavy atom. The zero-order valence-corrected chi connectivity index (χ0v) is 12.3. The van der Waals surface area contributed by atoms with E-state index in [0.29, 0.717) is 12.3 Å². The van der Waals surface area contributed by atoms with Crippen LogP contribution in [0.15, 0.2) is 10.6 Å². The number of oxazole rings is 1. The molecule has 0 bridgehead atoms. The van der Waals surface area contributed by atoms with Crippen LogP contribution in [-0.4, -0.2) is 37.0 Å². The molecule has 3 rings (SSSR count). The molecule has 0 atom stereocenters. The fourth-order valence-electron chi connectivity index (χ4n) is 2.08. The van der Waals surface area contributed by atoms with E-state index in [0.717, 1.165) is 24.2 Å². The van der Waals surface area contributed by atoms with Crippen molar-refractivity contribution in [2.45, 2.75) is 39.3 Å². The van der Waals surface area contributed by atoms with Crippen molar-refractivity contribution in [1.82, 2.24) is 24.9 Å². The van der Waals surface area contributed by atoms with Crippen LogP contribution in [-0.2, 0) is 13.6 Å². The highest BCUT2D eigenvalue weighted by molar-refractivity contribution is 5.87. The second-order valence-corrected chi connectivity index (χ2v) is 5.33. The van der Waals surface area contributed by atoms with E-state index in [1.165, 1.54) is 0 Å². The Morgan fingerprint density at radius 1 is 1.52 bits per heavy atom. The molecule has 1 aliphatic rings. The molecule has 2 heterocycles. The highest BCUT2D eigenvalue weighted by atomic mass is 16.4. The number of hydrogen-bond acceptors (Lipinski definition) is 5. The summed E-state index contributed by atoms with van der Waals surface area (Å²) in [7, 11) is 1.80. The second kappa shape index (κ2) is 5.19. The van der Waals surface area contributed by atoms with Crippen molar-refractivity contribution in [2.24, 2.45) is 7.05 Å². The molecule has 0 radical (unpaired) electrons. The third-order valence-corrected chi connectivity index (χ3v) is 3.47. The summed E-state index contributed by atoms with van der Waals surface area (Å²) >= 11 is 0. The van der Waals surface area contributed by atoms with Crippen LogP contribution in [0.4, 0.5) is 10.8 Å². The summed E-state index contributed by atoms with van der Waals surface area (Å²) in [4.78, 5) is 18.3. The standard InChI is InChI=1S/C13H18N6O2/c1-8-9(2)21-12(14-8)15-13(20)19(11-4-5-11)7-10-6-18(3)17-16-10/h6,11H,4-5,7H2,1-3H3,(H,14,15,20). The second-order valence-electron chi connectivity index (χ2n) is 5.33.